The second-order valence-corrected chi connectivity index (χ2v) is 7.32. The molecule has 11 heteroatoms. The maximum atomic E-state index is 12.9. The molecule has 1 aromatic heterocycles. The van der Waals surface area contributed by atoms with Crippen molar-refractivity contribution in [3.05, 3.63) is 63.9 Å². The van der Waals surface area contributed by atoms with Crippen LogP contribution in [-0.4, -0.2) is 29.0 Å². The Labute approximate surface area is 180 Å². The van der Waals surface area contributed by atoms with Gasteiger partial charge in [-0.3, -0.25) is 9.36 Å². The topological polar surface area (TPSA) is 78.3 Å². The van der Waals surface area contributed by atoms with E-state index in [1.165, 1.54) is 35.5 Å². The standard InChI is InChI=1S/C20H19F3N4O3S/c1-27-18(28)17(24-14-6-4-5-13(10-14)20(21,22)23)25-26-19(27)31-11-12-7-8-15(29-2)16(9-12)30-3/h4-10H,11H2,1-3H3,(H,24,25). The summed E-state index contributed by atoms with van der Waals surface area (Å²) in [6.07, 6.45) is -4.49. The molecule has 0 amide bonds. The van der Waals surface area contributed by atoms with Crippen LogP contribution in [0.25, 0.3) is 0 Å². The van der Waals surface area contributed by atoms with E-state index in [1.807, 2.05) is 12.1 Å². The van der Waals surface area contributed by atoms with E-state index < -0.39 is 17.3 Å². The van der Waals surface area contributed by atoms with Crippen LogP contribution < -0.4 is 20.3 Å². The van der Waals surface area contributed by atoms with Gasteiger partial charge >= 0.3 is 6.18 Å². The Bertz CT molecular complexity index is 1140. The lowest BCUT2D eigenvalue weighted by atomic mass is 10.2. The van der Waals surface area contributed by atoms with Gasteiger partial charge in [0.15, 0.2) is 16.7 Å². The molecule has 3 rings (SSSR count). The van der Waals surface area contributed by atoms with Gasteiger partial charge in [-0.15, -0.1) is 10.2 Å². The molecule has 1 N–H and O–H groups in total. The zero-order valence-corrected chi connectivity index (χ0v) is 17.7. The van der Waals surface area contributed by atoms with Gasteiger partial charge in [-0.05, 0) is 35.9 Å². The number of nitrogens with zero attached hydrogens (tertiary/aromatic N) is 3. The molecule has 1 heterocycles. The number of nitrogens with one attached hydrogen (secondary N) is 1. The molecule has 0 radical (unpaired) electrons. The van der Waals surface area contributed by atoms with Crippen LogP contribution in [0.2, 0.25) is 0 Å². The average molecular weight is 452 g/mol. The van der Waals surface area contributed by atoms with Crippen molar-refractivity contribution in [2.24, 2.45) is 7.05 Å². The molecule has 0 aliphatic rings. The fourth-order valence-corrected chi connectivity index (χ4v) is 3.53. The largest absolute Gasteiger partial charge is 0.493 e. The third-order valence-corrected chi connectivity index (χ3v) is 5.39. The van der Waals surface area contributed by atoms with Crippen LogP contribution >= 0.6 is 11.8 Å². The molecule has 31 heavy (non-hydrogen) atoms. The number of aromatic nitrogens is 3. The Kier molecular flexibility index (Phi) is 6.74. The number of ether oxygens (including phenoxy) is 2. The summed E-state index contributed by atoms with van der Waals surface area (Å²) in [4.78, 5) is 12.6. The molecule has 0 spiro atoms. The van der Waals surface area contributed by atoms with E-state index in [1.54, 1.807) is 20.3 Å². The minimum Gasteiger partial charge on any atom is -0.493 e. The first kappa shape index (κ1) is 22.5. The van der Waals surface area contributed by atoms with Crippen molar-refractivity contribution in [3.8, 4) is 11.5 Å². The predicted octanol–water partition coefficient (Wildman–Crippen LogP) is 4.25. The van der Waals surface area contributed by atoms with Gasteiger partial charge in [-0.25, -0.2) is 0 Å². The number of halogens is 3. The fraction of sp³-hybridized carbons (Fsp3) is 0.250. The van der Waals surface area contributed by atoms with Gasteiger partial charge in [-0.1, -0.05) is 23.9 Å². The maximum absolute atomic E-state index is 12.9. The van der Waals surface area contributed by atoms with Gasteiger partial charge < -0.3 is 14.8 Å². The van der Waals surface area contributed by atoms with Crippen LogP contribution in [0.1, 0.15) is 11.1 Å². The first-order valence-corrected chi connectivity index (χ1v) is 9.93. The number of thioether (sulfide) groups is 1. The lowest BCUT2D eigenvalue weighted by Crippen LogP contribution is -2.24. The first-order chi connectivity index (χ1) is 14.7. The van der Waals surface area contributed by atoms with E-state index >= 15 is 0 Å². The number of hydrogen-bond acceptors (Lipinski definition) is 7. The Morgan fingerprint density at radius 1 is 1.06 bits per heavy atom. The maximum Gasteiger partial charge on any atom is 0.416 e. The summed E-state index contributed by atoms with van der Waals surface area (Å²) in [5.74, 6) is 1.51. The van der Waals surface area contributed by atoms with E-state index in [0.717, 1.165) is 17.7 Å². The SMILES string of the molecule is COc1ccc(CSc2nnc(Nc3cccc(C(F)(F)F)c3)c(=O)n2C)cc1OC. The van der Waals surface area contributed by atoms with Gasteiger partial charge in [0.05, 0.1) is 19.8 Å². The molecule has 7 nitrogen and oxygen atoms in total. The summed E-state index contributed by atoms with van der Waals surface area (Å²) < 4.78 is 50.4. The number of rotatable bonds is 7. The Balaban J connectivity index is 1.76. The van der Waals surface area contributed by atoms with Crippen molar-refractivity contribution in [2.45, 2.75) is 17.1 Å². The smallest absolute Gasteiger partial charge is 0.416 e. The summed E-state index contributed by atoms with van der Waals surface area (Å²) in [6, 6.07) is 9.97. The van der Waals surface area contributed by atoms with Gasteiger partial charge in [0, 0.05) is 18.5 Å². The van der Waals surface area contributed by atoms with Crippen molar-refractivity contribution < 1.29 is 22.6 Å². The highest BCUT2D eigenvalue weighted by molar-refractivity contribution is 7.98. The van der Waals surface area contributed by atoms with E-state index in [0.29, 0.717) is 22.4 Å². The van der Waals surface area contributed by atoms with E-state index in [4.69, 9.17) is 9.47 Å². The summed E-state index contributed by atoms with van der Waals surface area (Å²) in [6.45, 7) is 0. The molecule has 0 unspecified atom stereocenters. The van der Waals surface area contributed by atoms with Gasteiger partial charge in [0.25, 0.3) is 5.56 Å². The summed E-state index contributed by atoms with van der Waals surface area (Å²) in [7, 11) is 4.61. The molecule has 0 aliphatic heterocycles. The summed E-state index contributed by atoms with van der Waals surface area (Å²) in [5.41, 5.74) is -0.332. The third kappa shape index (κ3) is 5.29. The van der Waals surface area contributed by atoms with E-state index in [-0.39, 0.29) is 11.5 Å². The minimum absolute atomic E-state index is 0.0898. The molecular weight excluding hydrogens is 433 g/mol. The van der Waals surface area contributed by atoms with Crippen molar-refractivity contribution >= 4 is 23.3 Å². The predicted molar refractivity (Wildman–Crippen MR) is 111 cm³/mol. The minimum atomic E-state index is -4.49. The van der Waals surface area contributed by atoms with Crippen LogP contribution in [0.4, 0.5) is 24.7 Å². The number of benzene rings is 2. The van der Waals surface area contributed by atoms with E-state index in [2.05, 4.69) is 15.5 Å². The Hall–Kier alpha value is -3.21. The van der Waals surface area contributed by atoms with Crippen molar-refractivity contribution in [1.29, 1.82) is 0 Å². The molecule has 0 atom stereocenters. The zero-order valence-electron chi connectivity index (χ0n) is 16.9. The van der Waals surface area contributed by atoms with Crippen molar-refractivity contribution in [1.82, 2.24) is 14.8 Å². The molecule has 2 aromatic carbocycles. The number of alkyl halides is 3. The average Bonchev–Trinajstić information content (AvgIpc) is 2.76. The molecule has 0 saturated heterocycles. The quantitative estimate of drug-likeness (QED) is 0.537. The van der Waals surface area contributed by atoms with Gasteiger partial charge in [0.1, 0.15) is 0 Å². The lowest BCUT2D eigenvalue weighted by molar-refractivity contribution is -0.137. The van der Waals surface area contributed by atoms with Gasteiger partial charge in [0.2, 0.25) is 5.82 Å². The summed E-state index contributed by atoms with van der Waals surface area (Å²) >= 11 is 1.28. The van der Waals surface area contributed by atoms with Crippen molar-refractivity contribution in [3.63, 3.8) is 0 Å². The van der Waals surface area contributed by atoms with Crippen LogP contribution in [0, 0.1) is 0 Å². The van der Waals surface area contributed by atoms with Crippen LogP contribution in [0.3, 0.4) is 0 Å². The number of methoxy groups -OCH3 is 2. The first-order valence-electron chi connectivity index (χ1n) is 8.94. The molecular formula is C20H19F3N4O3S. The Morgan fingerprint density at radius 3 is 2.48 bits per heavy atom. The van der Waals surface area contributed by atoms with Gasteiger partial charge in [-0.2, -0.15) is 13.2 Å². The highest BCUT2D eigenvalue weighted by Gasteiger charge is 2.30. The molecule has 0 fully saturated rings. The van der Waals surface area contributed by atoms with Crippen LogP contribution in [0.5, 0.6) is 11.5 Å². The Morgan fingerprint density at radius 2 is 1.81 bits per heavy atom. The van der Waals surface area contributed by atoms with E-state index in [9.17, 15) is 18.0 Å². The van der Waals surface area contributed by atoms with Crippen LogP contribution in [-0.2, 0) is 19.0 Å². The molecule has 0 bridgehead atoms. The lowest BCUT2D eigenvalue weighted by Gasteiger charge is -2.12. The zero-order chi connectivity index (χ0) is 22.6. The monoisotopic (exact) mass is 452 g/mol. The second kappa shape index (κ2) is 9.29. The molecule has 3 aromatic rings. The highest BCUT2D eigenvalue weighted by atomic mass is 32.2. The highest BCUT2D eigenvalue weighted by Crippen LogP contribution is 2.32. The fourth-order valence-electron chi connectivity index (χ4n) is 2.68. The number of anilines is 2. The number of hydrogen-bond donors (Lipinski definition) is 1. The normalized spacial score (nSPS) is 11.3. The van der Waals surface area contributed by atoms with Crippen molar-refractivity contribution in [2.75, 3.05) is 19.5 Å². The molecule has 0 aliphatic carbocycles. The molecule has 0 saturated carbocycles. The van der Waals surface area contributed by atoms with Crippen LogP contribution in [0.15, 0.2) is 52.4 Å². The second-order valence-electron chi connectivity index (χ2n) is 6.38. The molecule has 164 valence electrons. The summed E-state index contributed by atoms with van der Waals surface area (Å²) in [5, 5.41) is 10.9. The third-order valence-electron chi connectivity index (χ3n) is 4.30.